The summed E-state index contributed by atoms with van der Waals surface area (Å²) in [5.41, 5.74) is -2.19. The minimum absolute atomic E-state index is 0.0879. The third-order valence-corrected chi connectivity index (χ3v) is 4.85. The van der Waals surface area contributed by atoms with Gasteiger partial charge in [0.2, 0.25) is 0 Å². The molecule has 0 aromatic heterocycles. The van der Waals surface area contributed by atoms with Crippen molar-refractivity contribution in [3.05, 3.63) is 41.0 Å². The fourth-order valence-corrected chi connectivity index (χ4v) is 3.18. The molecule has 0 saturated carbocycles. The SMILES string of the molecule is O=C(O)N1Cc2cccc(C=CCCC(COCO)(C(F)(F)F)C(F)(F)F)c2C1. The number of hydrogen-bond acceptors (Lipinski definition) is 3. The maximum absolute atomic E-state index is 13.3. The Kier molecular flexibility index (Phi) is 6.84. The molecule has 1 amide bonds. The monoisotopic (exact) mass is 427 g/mol. The Labute approximate surface area is 162 Å². The Hall–Kier alpha value is -2.27. The highest BCUT2D eigenvalue weighted by Gasteiger charge is 2.70. The lowest BCUT2D eigenvalue weighted by molar-refractivity contribution is -0.356. The van der Waals surface area contributed by atoms with E-state index in [9.17, 15) is 31.1 Å². The van der Waals surface area contributed by atoms with Crippen molar-refractivity contribution in [2.75, 3.05) is 13.4 Å². The van der Waals surface area contributed by atoms with Gasteiger partial charge in [-0.2, -0.15) is 26.3 Å². The Morgan fingerprint density at radius 3 is 2.34 bits per heavy atom. The number of amides is 1. The van der Waals surface area contributed by atoms with Gasteiger partial charge >= 0.3 is 18.4 Å². The van der Waals surface area contributed by atoms with Crippen LogP contribution in [0.15, 0.2) is 24.3 Å². The van der Waals surface area contributed by atoms with Gasteiger partial charge in [-0.15, -0.1) is 0 Å². The number of benzene rings is 1. The van der Waals surface area contributed by atoms with Crippen LogP contribution in [-0.4, -0.2) is 47.0 Å². The number of rotatable bonds is 7. The molecule has 11 heteroatoms. The molecule has 1 aliphatic rings. The predicted molar refractivity (Wildman–Crippen MR) is 89.6 cm³/mol. The Bertz CT molecular complexity index is 746. The number of alkyl halides is 6. The van der Waals surface area contributed by atoms with Gasteiger partial charge in [-0.25, -0.2) is 4.79 Å². The second-order valence-corrected chi connectivity index (χ2v) is 6.62. The van der Waals surface area contributed by atoms with Crippen LogP contribution in [0.5, 0.6) is 0 Å². The number of nitrogens with zero attached hydrogens (tertiary/aromatic N) is 1. The third kappa shape index (κ3) is 4.84. The zero-order valence-electron chi connectivity index (χ0n) is 15.1. The summed E-state index contributed by atoms with van der Waals surface area (Å²) in [6, 6.07) is 4.95. The van der Waals surface area contributed by atoms with Gasteiger partial charge in [0.25, 0.3) is 0 Å². The molecule has 0 saturated heterocycles. The molecular weight excluding hydrogens is 408 g/mol. The van der Waals surface area contributed by atoms with E-state index in [1.807, 2.05) is 0 Å². The van der Waals surface area contributed by atoms with Gasteiger partial charge in [0.15, 0.2) is 5.41 Å². The minimum Gasteiger partial charge on any atom is -0.465 e. The van der Waals surface area contributed by atoms with Crippen molar-refractivity contribution in [2.45, 2.75) is 38.3 Å². The van der Waals surface area contributed by atoms with Crippen molar-refractivity contribution in [1.29, 1.82) is 0 Å². The average Bonchev–Trinajstić information content (AvgIpc) is 3.04. The van der Waals surface area contributed by atoms with Crippen LogP contribution in [0.25, 0.3) is 6.08 Å². The first kappa shape index (κ1) is 23.0. The van der Waals surface area contributed by atoms with Crippen LogP contribution in [0.1, 0.15) is 29.5 Å². The molecule has 2 rings (SSSR count). The van der Waals surface area contributed by atoms with E-state index in [-0.39, 0.29) is 13.1 Å². The molecule has 1 aliphatic heterocycles. The quantitative estimate of drug-likeness (QED) is 0.495. The molecule has 0 radical (unpaired) electrons. The lowest BCUT2D eigenvalue weighted by Crippen LogP contribution is -2.53. The van der Waals surface area contributed by atoms with Crippen molar-refractivity contribution < 1.29 is 46.1 Å². The van der Waals surface area contributed by atoms with Crippen molar-refractivity contribution in [2.24, 2.45) is 5.41 Å². The molecule has 0 unspecified atom stereocenters. The fraction of sp³-hybridized carbons (Fsp3) is 0.500. The molecule has 1 aromatic rings. The van der Waals surface area contributed by atoms with Crippen molar-refractivity contribution >= 4 is 12.2 Å². The summed E-state index contributed by atoms with van der Waals surface area (Å²) in [7, 11) is 0. The summed E-state index contributed by atoms with van der Waals surface area (Å²) in [5.74, 6) is 0. The molecule has 1 heterocycles. The number of halogens is 6. The number of aliphatic hydroxyl groups excluding tert-OH is 1. The number of ether oxygens (including phenoxy) is 1. The Morgan fingerprint density at radius 1 is 1.14 bits per heavy atom. The van der Waals surface area contributed by atoms with Crippen LogP contribution in [0.4, 0.5) is 31.1 Å². The summed E-state index contributed by atoms with van der Waals surface area (Å²) in [6.45, 7) is -2.75. The maximum atomic E-state index is 13.3. The first-order chi connectivity index (χ1) is 13.4. The van der Waals surface area contributed by atoms with Crippen LogP contribution in [-0.2, 0) is 17.8 Å². The average molecular weight is 427 g/mol. The largest absolute Gasteiger partial charge is 0.465 e. The number of carboxylic acid groups (broad SMARTS) is 1. The van der Waals surface area contributed by atoms with Gasteiger partial charge in [-0.3, -0.25) is 4.90 Å². The van der Waals surface area contributed by atoms with E-state index in [0.29, 0.717) is 11.1 Å². The first-order valence-corrected chi connectivity index (χ1v) is 8.50. The summed E-state index contributed by atoms with van der Waals surface area (Å²) in [4.78, 5) is 12.2. The molecular formula is C18H19F6NO4. The molecule has 162 valence electrons. The van der Waals surface area contributed by atoms with Gasteiger partial charge in [0.05, 0.1) is 13.2 Å². The summed E-state index contributed by atoms with van der Waals surface area (Å²) in [6.07, 6.45) is -11.7. The maximum Gasteiger partial charge on any atom is 0.407 e. The summed E-state index contributed by atoms with van der Waals surface area (Å²) >= 11 is 0. The Balaban J connectivity index is 2.18. The second kappa shape index (κ2) is 8.62. The summed E-state index contributed by atoms with van der Waals surface area (Å²) in [5, 5.41) is 17.6. The molecule has 2 N–H and O–H groups in total. The third-order valence-electron chi connectivity index (χ3n) is 4.85. The molecule has 0 fully saturated rings. The van der Waals surface area contributed by atoms with Gasteiger partial charge in [-0.05, 0) is 29.5 Å². The summed E-state index contributed by atoms with van der Waals surface area (Å²) < 4.78 is 83.8. The van der Waals surface area contributed by atoms with Crippen molar-refractivity contribution in [3.63, 3.8) is 0 Å². The number of carbonyl (C=O) groups is 1. The van der Waals surface area contributed by atoms with E-state index in [0.717, 1.165) is 10.5 Å². The standard InChI is InChI=1S/C18H19F6NO4/c19-17(20,21)16(10-29-11-26,18(22,23)24)7-2-1-4-12-5-3-6-13-8-25(15(27)28)9-14(12)13/h1,3-6,26H,2,7-11H2,(H,27,28). The van der Waals surface area contributed by atoms with Gasteiger partial charge in [-0.1, -0.05) is 30.4 Å². The van der Waals surface area contributed by atoms with E-state index in [4.69, 9.17) is 10.2 Å². The van der Waals surface area contributed by atoms with Crippen LogP contribution >= 0.6 is 0 Å². The smallest absolute Gasteiger partial charge is 0.407 e. The van der Waals surface area contributed by atoms with Crippen LogP contribution in [0, 0.1) is 5.41 Å². The van der Waals surface area contributed by atoms with Gasteiger partial charge < -0.3 is 14.9 Å². The zero-order chi connectivity index (χ0) is 21.9. The van der Waals surface area contributed by atoms with Crippen LogP contribution in [0.2, 0.25) is 0 Å². The van der Waals surface area contributed by atoms with E-state index in [1.54, 1.807) is 18.2 Å². The van der Waals surface area contributed by atoms with Crippen LogP contribution < -0.4 is 0 Å². The van der Waals surface area contributed by atoms with E-state index >= 15 is 0 Å². The highest BCUT2D eigenvalue weighted by Crippen LogP contribution is 2.53. The fourth-order valence-electron chi connectivity index (χ4n) is 3.18. The number of hydrogen-bond donors (Lipinski definition) is 2. The number of fused-ring (bicyclic) bond motifs is 1. The molecule has 0 aliphatic carbocycles. The molecule has 0 atom stereocenters. The Morgan fingerprint density at radius 2 is 1.79 bits per heavy atom. The normalized spacial score (nSPS) is 15.2. The molecule has 0 bridgehead atoms. The molecule has 5 nitrogen and oxygen atoms in total. The molecule has 1 aromatic carbocycles. The molecule has 0 spiro atoms. The lowest BCUT2D eigenvalue weighted by atomic mass is 9.82. The second-order valence-electron chi connectivity index (χ2n) is 6.62. The van der Waals surface area contributed by atoms with Crippen LogP contribution in [0.3, 0.4) is 0 Å². The topological polar surface area (TPSA) is 70.0 Å². The van der Waals surface area contributed by atoms with E-state index in [2.05, 4.69) is 4.74 Å². The van der Waals surface area contributed by atoms with E-state index < -0.39 is 50.1 Å². The highest BCUT2D eigenvalue weighted by molar-refractivity contribution is 5.68. The van der Waals surface area contributed by atoms with Crippen molar-refractivity contribution in [1.82, 2.24) is 4.90 Å². The highest BCUT2D eigenvalue weighted by atomic mass is 19.4. The van der Waals surface area contributed by atoms with Gasteiger partial charge in [0, 0.05) is 6.54 Å². The van der Waals surface area contributed by atoms with Crippen molar-refractivity contribution in [3.8, 4) is 0 Å². The zero-order valence-corrected chi connectivity index (χ0v) is 15.1. The van der Waals surface area contributed by atoms with E-state index in [1.165, 1.54) is 12.2 Å². The first-order valence-electron chi connectivity index (χ1n) is 8.50. The molecule has 29 heavy (non-hydrogen) atoms. The predicted octanol–water partition coefficient (Wildman–Crippen LogP) is 4.55. The van der Waals surface area contributed by atoms with Gasteiger partial charge in [0.1, 0.15) is 6.79 Å². The minimum atomic E-state index is -5.62. The lowest BCUT2D eigenvalue weighted by Gasteiger charge is -2.36. The number of allylic oxidation sites excluding steroid dienone is 1. The number of aliphatic hydroxyl groups is 1.